The molecule has 20 heavy (non-hydrogen) atoms. The topological polar surface area (TPSA) is 55.6 Å². The summed E-state index contributed by atoms with van der Waals surface area (Å²) in [6.07, 6.45) is 1.76. The van der Waals surface area contributed by atoms with Crippen molar-refractivity contribution < 1.29 is 0 Å². The molecule has 2 aromatic heterocycles. The normalized spacial score (nSPS) is 10.9. The van der Waals surface area contributed by atoms with Crippen LogP contribution in [0.2, 0.25) is 5.28 Å². The zero-order valence-corrected chi connectivity index (χ0v) is 12.0. The van der Waals surface area contributed by atoms with E-state index in [1.165, 1.54) is 11.1 Å². The largest absolute Gasteiger partial charge is 0.371 e. The standard InChI is InChI=1S/C14H14ClN5/c1-9-4-3-5-10(6-9)7-20-8-17-11-12(16-2)18-14(15)19-13(11)20/h3-6,8H,7H2,1-2H3,(H,16,18,19). The van der Waals surface area contributed by atoms with Gasteiger partial charge in [0.25, 0.3) is 0 Å². The van der Waals surface area contributed by atoms with E-state index in [0.717, 1.165) is 11.2 Å². The molecule has 3 aromatic rings. The third-order valence-electron chi connectivity index (χ3n) is 3.11. The number of benzene rings is 1. The number of hydrogen-bond donors (Lipinski definition) is 1. The molecule has 2 heterocycles. The summed E-state index contributed by atoms with van der Waals surface area (Å²) in [5.74, 6) is 0.642. The summed E-state index contributed by atoms with van der Waals surface area (Å²) in [6.45, 7) is 2.78. The first-order valence-corrected chi connectivity index (χ1v) is 6.67. The molecule has 0 radical (unpaired) electrons. The van der Waals surface area contributed by atoms with Gasteiger partial charge < -0.3 is 9.88 Å². The van der Waals surface area contributed by atoms with Crippen LogP contribution < -0.4 is 5.32 Å². The predicted molar refractivity (Wildman–Crippen MR) is 80.2 cm³/mol. The second-order valence-corrected chi connectivity index (χ2v) is 4.96. The molecule has 102 valence electrons. The lowest BCUT2D eigenvalue weighted by atomic mass is 10.1. The highest BCUT2D eigenvalue weighted by Gasteiger charge is 2.11. The fourth-order valence-electron chi connectivity index (χ4n) is 2.21. The summed E-state index contributed by atoms with van der Waals surface area (Å²) in [5.41, 5.74) is 3.89. The number of hydrogen-bond acceptors (Lipinski definition) is 4. The SMILES string of the molecule is CNc1nc(Cl)nc2c1ncn2Cc1cccc(C)c1. The lowest BCUT2D eigenvalue weighted by molar-refractivity contribution is 0.812. The third kappa shape index (κ3) is 2.32. The summed E-state index contributed by atoms with van der Waals surface area (Å²) >= 11 is 5.96. The number of fused-ring (bicyclic) bond motifs is 1. The number of anilines is 1. The minimum Gasteiger partial charge on any atom is -0.371 e. The molecule has 0 unspecified atom stereocenters. The van der Waals surface area contributed by atoms with Gasteiger partial charge in [-0.15, -0.1) is 0 Å². The molecule has 1 N–H and O–H groups in total. The molecule has 6 heteroatoms. The van der Waals surface area contributed by atoms with Gasteiger partial charge in [0.05, 0.1) is 12.9 Å². The van der Waals surface area contributed by atoms with E-state index in [-0.39, 0.29) is 5.28 Å². The van der Waals surface area contributed by atoms with Crippen LogP contribution in [-0.4, -0.2) is 26.6 Å². The zero-order valence-electron chi connectivity index (χ0n) is 11.3. The average molecular weight is 288 g/mol. The number of nitrogens with one attached hydrogen (secondary N) is 1. The highest BCUT2D eigenvalue weighted by molar-refractivity contribution is 6.28. The highest BCUT2D eigenvalue weighted by Crippen LogP contribution is 2.21. The van der Waals surface area contributed by atoms with Gasteiger partial charge in [-0.1, -0.05) is 29.8 Å². The van der Waals surface area contributed by atoms with Crippen molar-refractivity contribution in [3.05, 3.63) is 47.0 Å². The van der Waals surface area contributed by atoms with E-state index >= 15 is 0 Å². The highest BCUT2D eigenvalue weighted by atomic mass is 35.5. The summed E-state index contributed by atoms with van der Waals surface area (Å²) in [4.78, 5) is 12.8. The van der Waals surface area contributed by atoms with Gasteiger partial charge in [0.15, 0.2) is 17.0 Å². The van der Waals surface area contributed by atoms with Crippen LogP contribution in [0.4, 0.5) is 5.82 Å². The fourth-order valence-corrected chi connectivity index (χ4v) is 2.38. The molecule has 0 saturated carbocycles. The van der Waals surface area contributed by atoms with E-state index in [0.29, 0.717) is 12.4 Å². The minimum atomic E-state index is 0.216. The van der Waals surface area contributed by atoms with Crippen molar-refractivity contribution in [2.24, 2.45) is 0 Å². The summed E-state index contributed by atoms with van der Waals surface area (Å²) in [6, 6.07) is 8.35. The first-order chi connectivity index (χ1) is 9.67. The molecule has 5 nitrogen and oxygen atoms in total. The molecule has 0 spiro atoms. The maximum Gasteiger partial charge on any atom is 0.226 e. The second kappa shape index (κ2) is 5.09. The first-order valence-electron chi connectivity index (χ1n) is 6.29. The van der Waals surface area contributed by atoms with Crippen LogP contribution in [-0.2, 0) is 6.54 Å². The van der Waals surface area contributed by atoms with E-state index in [1.807, 2.05) is 10.6 Å². The Morgan fingerprint density at radius 2 is 2.15 bits per heavy atom. The number of nitrogens with zero attached hydrogens (tertiary/aromatic N) is 4. The molecule has 0 aliphatic carbocycles. The van der Waals surface area contributed by atoms with Crippen molar-refractivity contribution >= 4 is 28.6 Å². The van der Waals surface area contributed by atoms with Gasteiger partial charge in [-0.2, -0.15) is 9.97 Å². The van der Waals surface area contributed by atoms with Crippen LogP contribution in [0.15, 0.2) is 30.6 Å². The second-order valence-electron chi connectivity index (χ2n) is 4.62. The van der Waals surface area contributed by atoms with Crippen molar-refractivity contribution in [2.75, 3.05) is 12.4 Å². The number of halogens is 1. The van der Waals surface area contributed by atoms with E-state index in [4.69, 9.17) is 11.6 Å². The maximum absolute atomic E-state index is 5.96. The Morgan fingerprint density at radius 1 is 1.30 bits per heavy atom. The van der Waals surface area contributed by atoms with Crippen molar-refractivity contribution in [3.63, 3.8) is 0 Å². The molecule has 3 rings (SSSR count). The first kappa shape index (κ1) is 12.9. The molecule has 0 aliphatic rings. The van der Waals surface area contributed by atoms with Crippen LogP contribution in [0.25, 0.3) is 11.2 Å². The van der Waals surface area contributed by atoms with Gasteiger partial charge in [0.1, 0.15) is 0 Å². The monoisotopic (exact) mass is 287 g/mol. The van der Waals surface area contributed by atoms with Gasteiger partial charge in [-0.3, -0.25) is 0 Å². The van der Waals surface area contributed by atoms with E-state index in [1.54, 1.807) is 13.4 Å². The van der Waals surface area contributed by atoms with E-state index < -0.39 is 0 Å². The Labute approximate surface area is 121 Å². The Bertz CT molecular complexity index is 765. The quantitative estimate of drug-likeness (QED) is 0.753. The summed E-state index contributed by atoms with van der Waals surface area (Å²) < 4.78 is 1.97. The smallest absolute Gasteiger partial charge is 0.226 e. The average Bonchev–Trinajstić information content (AvgIpc) is 2.81. The number of aromatic nitrogens is 4. The van der Waals surface area contributed by atoms with Crippen LogP contribution in [0.3, 0.4) is 0 Å². The lowest BCUT2D eigenvalue weighted by Crippen LogP contribution is -2.01. The van der Waals surface area contributed by atoms with Gasteiger partial charge in [-0.25, -0.2) is 4.98 Å². The predicted octanol–water partition coefficient (Wildman–Crippen LogP) is 2.88. The molecule has 0 amide bonds. The zero-order chi connectivity index (χ0) is 14.1. The third-order valence-corrected chi connectivity index (χ3v) is 3.28. The van der Waals surface area contributed by atoms with Gasteiger partial charge in [0.2, 0.25) is 5.28 Å². The molecule has 0 aliphatic heterocycles. The Hall–Kier alpha value is -2.14. The summed E-state index contributed by atoms with van der Waals surface area (Å²) in [5, 5.41) is 3.20. The number of imidazole rings is 1. The summed E-state index contributed by atoms with van der Waals surface area (Å²) in [7, 11) is 1.79. The Kier molecular flexibility index (Phi) is 3.28. The lowest BCUT2D eigenvalue weighted by Gasteiger charge is -2.06. The van der Waals surface area contributed by atoms with Crippen LogP contribution in [0, 0.1) is 6.92 Å². The molecular weight excluding hydrogens is 274 g/mol. The molecule has 1 aromatic carbocycles. The molecule has 0 saturated heterocycles. The van der Waals surface area contributed by atoms with Gasteiger partial charge >= 0.3 is 0 Å². The fraction of sp³-hybridized carbons (Fsp3) is 0.214. The van der Waals surface area contributed by atoms with Gasteiger partial charge in [-0.05, 0) is 24.1 Å². The van der Waals surface area contributed by atoms with Crippen molar-refractivity contribution in [3.8, 4) is 0 Å². The molecule has 0 bridgehead atoms. The van der Waals surface area contributed by atoms with Gasteiger partial charge in [0, 0.05) is 7.05 Å². The van der Waals surface area contributed by atoms with E-state index in [2.05, 4.69) is 45.4 Å². The van der Waals surface area contributed by atoms with Crippen LogP contribution >= 0.6 is 11.6 Å². The molecular formula is C14H14ClN5. The van der Waals surface area contributed by atoms with Crippen molar-refractivity contribution in [1.82, 2.24) is 19.5 Å². The Balaban J connectivity index is 2.06. The molecule has 0 atom stereocenters. The Morgan fingerprint density at radius 3 is 2.90 bits per heavy atom. The number of rotatable bonds is 3. The van der Waals surface area contributed by atoms with E-state index in [9.17, 15) is 0 Å². The van der Waals surface area contributed by atoms with Crippen LogP contribution in [0.1, 0.15) is 11.1 Å². The molecule has 0 fully saturated rings. The van der Waals surface area contributed by atoms with Crippen molar-refractivity contribution in [1.29, 1.82) is 0 Å². The van der Waals surface area contributed by atoms with Crippen LogP contribution in [0.5, 0.6) is 0 Å². The van der Waals surface area contributed by atoms with Crippen molar-refractivity contribution in [2.45, 2.75) is 13.5 Å². The minimum absolute atomic E-state index is 0.216. The number of aryl methyl sites for hydroxylation is 1. The maximum atomic E-state index is 5.96.